The third kappa shape index (κ3) is 5.36. The van der Waals surface area contributed by atoms with E-state index in [0.717, 1.165) is 27.5 Å². The van der Waals surface area contributed by atoms with Gasteiger partial charge < -0.3 is 10.2 Å². The smallest absolute Gasteiger partial charge is 0.279 e. The molecule has 33 heavy (non-hydrogen) atoms. The van der Waals surface area contributed by atoms with E-state index in [1.54, 1.807) is 41.3 Å². The average Bonchev–Trinajstić information content (AvgIpc) is 3.12. The number of quaternary nitrogens is 1. The quantitative estimate of drug-likeness (QED) is 0.398. The molecule has 1 unspecified atom stereocenters. The van der Waals surface area contributed by atoms with Gasteiger partial charge in [-0.3, -0.25) is 14.3 Å². The molecule has 0 aliphatic rings. The zero-order valence-corrected chi connectivity index (χ0v) is 19.9. The van der Waals surface area contributed by atoms with Crippen LogP contribution in [0.4, 0.5) is 5.69 Å². The monoisotopic (exact) mass is 479 g/mol. The second kappa shape index (κ2) is 10.1. The normalized spacial score (nSPS) is 11.8. The van der Waals surface area contributed by atoms with Crippen molar-refractivity contribution in [1.82, 2.24) is 19.3 Å². The summed E-state index contributed by atoms with van der Waals surface area (Å²) in [6.07, 6.45) is 3.47. The van der Waals surface area contributed by atoms with Gasteiger partial charge in [-0.25, -0.2) is 0 Å². The molecule has 0 bridgehead atoms. The minimum atomic E-state index is -0.103. The highest BCUT2D eigenvalue weighted by Gasteiger charge is 2.19. The van der Waals surface area contributed by atoms with E-state index in [0.29, 0.717) is 22.1 Å². The number of hydrogen-bond donors (Lipinski definition) is 2. The molecule has 7 nitrogen and oxygen atoms in total. The van der Waals surface area contributed by atoms with Gasteiger partial charge in [-0.2, -0.15) is 4.68 Å². The Hall–Kier alpha value is -3.33. The number of halogens is 1. The molecule has 1 atom stereocenters. The predicted octanol–water partition coefficient (Wildman–Crippen LogP) is 3.54. The number of amides is 1. The number of hydrogen-bond acceptors (Lipinski definition) is 4. The van der Waals surface area contributed by atoms with Crippen LogP contribution in [0.25, 0.3) is 17.1 Å². The van der Waals surface area contributed by atoms with Gasteiger partial charge in [0.2, 0.25) is 4.77 Å². The fourth-order valence-electron chi connectivity index (χ4n) is 3.55. The largest absolute Gasteiger partial charge is 0.321 e. The maximum Gasteiger partial charge on any atom is 0.279 e. The number of anilines is 1. The van der Waals surface area contributed by atoms with Gasteiger partial charge in [-0.15, -0.1) is 5.10 Å². The number of para-hydroxylation sites is 1. The highest BCUT2D eigenvalue weighted by atomic mass is 35.5. The number of carbonyl (C=O) groups excluding carboxylic acids is 1. The number of nitrogens with zero attached hydrogens (tertiary/aromatic N) is 4. The molecule has 0 aliphatic carbocycles. The van der Waals surface area contributed by atoms with Crippen LogP contribution in [0.2, 0.25) is 5.02 Å². The summed E-state index contributed by atoms with van der Waals surface area (Å²) in [6, 6.07) is 18.9. The van der Waals surface area contributed by atoms with Gasteiger partial charge in [0.1, 0.15) is 0 Å². The van der Waals surface area contributed by atoms with Crippen LogP contribution in [0.15, 0.2) is 73.1 Å². The second-order valence-electron chi connectivity index (χ2n) is 7.81. The standard InChI is InChI=1S/C24H23ClN6OS/c1-17-5-3-4-6-21(17)31-23(18-11-13-26-14-12-18)28-30(24(31)33)16-29(2)15-22(32)27-20-9-7-19(25)8-10-20/h3-14H,15-16H2,1-2H3,(H,27,32)/p+1. The van der Waals surface area contributed by atoms with Crippen LogP contribution in [0, 0.1) is 11.7 Å². The number of aromatic nitrogens is 4. The van der Waals surface area contributed by atoms with E-state index in [1.807, 2.05) is 54.9 Å². The molecule has 168 valence electrons. The van der Waals surface area contributed by atoms with Crippen molar-refractivity contribution < 1.29 is 9.69 Å². The zero-order chi connectivity index (χ0) is 23.4. The Bertz CT molecular complexity index is 1320. The summed E-state index contributed by atoms with van der Waals surface area (Å²) in [6.45, 7) is 2.74. The number of benzene rings is 2. The lowest BCUT2D eigenvalue weighted by atomic mass is 10.2. The highest BCUT2D eigenvalue weighted by molar-refractivity contribution is 7.71. The van der Waals surface area contributed by atoms with Gasteiger partial charge in [0.25, 0.3) is 5.91 Å². The fraction of sp³-hybridized carbons (Fsp3) is 0.167. The summed E-state index contributed by atoms with van der Waals surface area (Å²) >= 11 is 11.7. The first kappa shape index (κ1) is 22.8. The number of carbonyl (C=O) groups is 1. The van der Waals surface area contributed by atoms with Crippen molar-refractivity contribution in [2.24, 2.45) is 0 Å². The van der Waals surface area contributed by atoms with Gasteiger partial charge >= 0.3 is 0 Å². The topological polar surface area (TPSA) is 69.2 Å². The summed E-state index contributed by atoms with van der Waals surface area (Å²) in [5, 5.41) is 8.33. The van der Waals surface area contributed by atoms with Gasteiger partial charge in [0.15, 0.2) is 19.0 Å². The van der Waals surface area contributed by atoms with Crippen LogP contribution in [-0.2, 0) is 11.5 Å². The fourth-order valence-corrected chi connectivity index (χ4v) is 3.97. The third-order valence-electron chi connectivity index (χ3n) is 5.14. The van der Waals surface area contributed by atoms with E-state index < -0.39 is 0 Å². The van der Waals surface area contributed by atoms with E-state index in [2.05, 4.69) is 10.3 Å². The molecule has 1 amide bonds. The van der Waals surface area contributed by atoms with Crippen LogP contribution < -0.4 is 10.2 Å². The van der Waals surface area contributed by atoms with E-state index in [9.17, 15) is 4.79 Å². The average molecular weight is 480 g/mol. The molecule has 0 spiro atoms. The third-order valence-corrected chi connectivity index (χ3v) is 5.79. The molecule has 2 heterocycles. The number of rotatable bonds is 7. The van der Waals surface area contributed by atoms with Crippen LogP contribution >= 0.6 is 23.8 Å². The number of aryl methyl sites for hydroxylation is 1. The summed E-state index contributed by atoms with van der Waals surface area (Å²) in [5.74, 6) is 0.629. The van der Waals surface area contributed by atoms with E-state index in [4.69, 9.17) is 28.9 Å². The van der Waals surface area contributed by atoms with Gasteiger partial charge in [-0.05, 0) is 67.2 Å². The van der Waals surface area contributed by atoms with Crippen molar-refractivity contribution in [3.05, 3.63) is 88.4 Å². The molecule has 0 saturated heterocycles. The Balaban J connectivity index is 1.59. The molecule has 4 aromatic rings. The summed E-state index contributed by atoms with van der Waals surface area (Å²) in [7, 11) is 1.93. The van der Waals surface area contributed by atoms with Crippen molar-refractivity contribution in [1.29, 1.82) is 0 Å². The Morgan fingerprint density at radius 2 is 1.79 bits per heavy atom. The van der Waals surface area contributed by atoms with Gasteiger partial charge in [0, 0.05) is 28.7 Å². The minimum Gasteiger partial charge on any atom is -0.321 e. The molecule has 2 aromatic heterocycles. The van der Waals surface area contributed by atoms with Gasteiger partial charge in [0.05, 0.1) is 12.7 Å². The lowest BCUT2D eigenvalue weighted by Gasteiger charge is -2.13. The van der Waals surface area contributed by atoms with Crippen LogP contribution in [0.3, 0.4) is 0 Å². The van der Waals surface area contributed by atoms with Crippen LogP contribution in [0.1, 0.15) is 5.56 Å². The lowest BCUT2D eigenvalue weighted by molar-refractivity contribution is -0.895. The minimum absolute atomic E-state index is 0.103. The molecule has 0 radical (unpaired) electrons. The summed E-state index contributed by atoms with van der Waals surface area (Å²) in [4.78, 5) is 17.6. The molecular formula is C24H24ClN6OS+. The SMILES string of the molecule is Cc1ccccc1-n1c(-c2ccncc2)nn(C[NH+](C)CC(=O)Nc2ccc(Cl)cc2)c1=S. The molecular weight excluding hydrogens is 456 g/mol. The maximum absolute atomic E-state index is 12.5. The van der Waals surface area contributed by atoms with Crippen molar-refractivity contribution in [2.45, 2.75) is 13.6 Å². The number of likely N-dealkylation sites (N-methyl/N-ethyl adjacent to an activating group) is 1. The Morgan fingerprint density at radius 3 is 2.48 bits per heavy atom. The first-order chi connectivity index (χ1) is 15.9. The molecule has 4 rings (SSSR count). The second-order valence-corrected chi connectivity index (χ2v) is 8.61. The summed E-state index contributed by atoms with van der Waals surface area (Å²) in [5.41, 5.74) is 3.68. The van der Waals surface area contributed by atoms with Crippen molar-refractivity contribution in [2.75, 3.05) is 18.9 Å². The van der Waals surface area contributed by atoms with Crippen LogP contribution in [0.5, 0.6) is 0 Å². The number of nitrogens with one attached hydrogen (secondary N) is 2. The first-order valence-corrected chi connectivity index (χ1v) is 11.2. The molecule has 0 fully saturated rings. The first-order valence-electron chi connectivity index (χ1n) is 10.5. The molecule has 0 saturated carbocycles. The Labute approximate surface area is 202 Å². The molecule has 9 heteroatoms. The van der Waals surface area contributed by atoms with E-state index >= 15 is 0 Å². The van der Waals surface area contributed by atoms with E-state index in [1.165, 1.54) is 0 Å². The Morgan fingerprint density at radius 1 is 1.09 bits per heavy atom. The highest BCUT2D eigenvalue weighted by Crippen LogP contribution is 2.24. The number of pyridine rings is 1. The molecule has 0 aliphatic heterocycles. The molecule has 2 aromatic carbocycles. The zero-order valence-electron chi connectivity index (χ0n) is 18.3. The lowest BCUT2D eigenvalue weighted by Crippen LogP contribution is -3.09. The van der Waals surface area contributed by atoms with Crippen LogP contribution in [-0.4, -0.2) is 38.8 Å². The van der Waals surface area contributed by atoms with Crippen molar-refractivity contribution >= 4 is 35.4 Å². The summed E-state index contributed by atoms with van der Waals surface area (Å²) < 4.78 is 4.30. The molecule has 2 N–H and O–H groups in total. The predicted molar refractivity (Wildman–Crippen MR) is 132 cm³/mol. The van der Waals surface area contributed by atoms with Crippen molar-refractivity contribution in [3.63, 3.8) is 0 Å². The van der Waals surface area contributed by atoms with Crippen molar-refractivity contribution in [3.8, 4) is 17.1 Å². The Kier molecular flexibility index (Phi) is 6.98. The van der Waals surface area contributed by atoms with Gasteiger partial charge in [-0.1, -0.05) is 29.8 Å². The maximum atomic E-state index is 12.5. The van der Waals surface area contributed by atoms with E-state index in [-0.39, 0.29) is 12.5 Å².